The third kappa shape index (κ3) is 4.03. The molecule has 39 heavy (non-hydrogen) atoms. The maximum absolute atomic E-state index is 5.28. The number of hydrogen-bond donors (Lipinski definition) is 0. The van der Waals surface area contributed by atoms with Gasteiger partial charge in [-0.25, -0.2) is 9.97 Å². The quantitative estimate of drug-likeness (QED) is 0.222. The first-order chi connectivity index (χ1) is 19.1. The lowest BCUT2D eigenvalue weighted by Gasteiger charge is -2.21. The molecule has 1 aliphatic heterocycles. The molecule has 186 valence electrons. The first kappa shape index (κ1) is 23.5. The van der Waals surface area contributed by atoms with E-state index in [0.717, 1.165) is 33.9 Å². The van der Waals surface area contributed by atoms with Crippen molar-refractivity contribution in [1.82, 2.24) is 9.97 Å². The van der Waals surface area contributed by atoms with E-state index in [4.69, 9.17) is 9.97 Å². The molecule has 0 spiro atoms. The molecule has 7 rings (SSSR count). The van der Waals surface area contributed by atoms with Gasteiger partial charge in [0.05, 0.1) is 11.4 Å². The third-order valence-electron chi connectivity index (χ3n) is 7.88. The van der Waals surface area contributed by atoms with E-state index < -0.39 is 8.07 Å². The van der Waals surface area contributed by atoms with Crippen molar-refractivity contribution in [2.75, 3.05) is 0 Å². The van der Waals surface area contributed by atoms with E-state index in [9.17, 15) is 0 Å². The molecule has 0 amide bonds. The summed E-state index contributed by atoms with van der Waals surface area (Å²) in [6.07, 6.45) is 0. The molecule has 0 aliphatic carbocycles. The minimum atomic E-state index is -1.95. The van der Waals surface area contributed by atoms with Gasteiger partial charge < -0.3 is 0 Å². The zero-order valence-corrected chi connectivity index (χ0v) is 23.1. The Kier molecular flexibility index (Phi) is 5.61. The summed E-state index contributed by atoms with van der Waals surface area (Å²) in [5.41, 5.74) is 10.4. The predicted octanol–water partition coefficient (Wildman–Crippen LogP) is 7.95. The standard InChI is InChI=1S/C36H28N2Si/c1-39(2)32-19-10-9-18-31(32)34-35(39)33(28-14-7-4-8-15-28)37-36(38-34)30-17-11-16-29(24-30)27-22-20-26(21-23-27)25-12-5-3-6-13-25/h3-24H,1-2H3. The minimum absolute atomic E-state index is 0.775. The monoisotopic (exact) mass is 516 g/mol. The van der Waals surface area contributed by atoms with Crippen molar-refractivity contribution in [3.8, 4) is 56.2 Å². The first-order valence-corrected chi connectivity index (χ1v) is 16.4. The van der Waals surface area contributed by atoms with Crippen LogP contribution >= 0.6 is 0 Å². The van der Waals surface area contributed by atoms with Crippen molar-refractivity contribution >= 4 is 18.4 Å². The summed E-state index contributed by atoms with van der Waals surface area (Å²) in [6, 6.07) is 47.3. The second-order valence-corrected chi connectivity index (χ2v) is 15.0. The zero-order valence-electron chi connectivity index (χ0n) is 22.1. The molecule has 6 aromatic rings. The summed E-state index contributed by atoms with van der Waals surface area (Å²) >= 11 is 0. The van der Waals surface area contributed by atoms with Crippen LogP contribution in [0.15, 0.2) is 133 Å². The number of nitrogens with zero attached hydrogens (tertiary/aromatic N) is 2. The molecule has 0 saturated carbocycles. The summed E-state index contributed by atoms with van der Waals surface area (Å²) in [5.74, 6) is 0.775. The van der Waals surface area contributed by atoms with Crippen molar-refractivity contribution in [3.05, 3.63) is 133 Å². The van der Waals surface area contributed by atoms with E-state index in [-0.39, 0.29) is 0 Å². The van der Waals surface area contributed by atoms with Gasteiger partial charge in [-0.05, 0) is 44.3 Å². The van der Waals surface area contributed by atoms with Crippen LogP contribution in [0, 0.1) is 0 Å². The Bertz CT molecular complexity index is 1810. The highest BCUT2D eigenvalue weighted by Gasteiger charge is 2.41. The van der Waals surface area contributed by atoms with Crippen LogP contribution in [-0.2, 0) is 0 Å². The van der Waals surface area contributed by atoms with Crippen LogP contribution < -0.4 is 10.4 Å². The van der Waals surface area contributed by atoms with Crippen LogP contribution in [0.5, 0.6) is 0 Å². The van der Waals surface area contributed by atoms with E-state index >= 15 is 0 Å². The average Bonchev–Trinajstić information content (AvgIpc) is 3.24. The van der Waals surface area contributed by atoms with Crippen LogP contribution in [-0.4, -0.2) is 18.0 Å². The first-order valence-electron chi connectivity index (χ1n) is 13.4. The number of hydrogen-bond acceptors (Lipinski definition) is 2. The Morgan fingerprint density at radius 3 is 1.67 bits per heavy atom. The molecule has 0 N–H and O–H groups in total. The van der Waals surface area contributed by atoms with Gasteiger partial charge in [-0.1, -0.05) is 140 Å². The largest absolute Gasteiger partial charge is 0.228 e. The normalized spacial score (nSPS) is 13.1. The van der Waals surface area contributed by atoms with Gasteiger partial charge in [0.1, 0.15) is 8.07 Å². The molecule has 0 radical (unpaired) electrons. The van der Waals surface area contributed by atoms with Crippen molar-refractivity contribution in [2.45, 2.75) is 13.1 Å². The average molecular weight is 517 g/mol. The molecule has 1 aliphatic rings. The van der Waals surface area contributed by atoms with Crippen LogP contribution in [0.4, 0.5) is 0 Å². The molecule has 0 fully saturated rings. The second-order valence-electron chi connectivity index (χ2n) is 10.7. The van der Waals surface area contributed by atoms with E-state index in [0.29, 0.717) is 0 Å². The molecule has 0 atom stereocenters. The van der Waals surface area contributed by atoms with Crippen LogP contribution in [0.3, 0.4) is 0 Å². The topological polar surface area (TPSA) is 25.8 Å². The summed E-state index contributed by atoms with van der Waals surface area (Å²) < 4.78 is 0. The second kappa shape index (κ2) is 9.30. The highest BCUT2D eigenvalue weighted by atomic mass is 28.3. The van der Waals surface area contributed by atoms with E-state index in [2.05, 4.69) is 147 Å². The molecular weight excluding hydrogens is 488 g/mol. The Morgan fingerprint density at radius 2 is 0.949 bits per heavy atom. The molecule has 0 bridgehead atoms. The van der Waals surface area contributed by atoms with Gasteiger partial charge in [0.2, 0.25) is 0 Å². The molecule has 2 nitrogen and oxygen atoms in total. The fourth-order valence-electron chi connectivity index (χ4n) is 5.87. The van der Waals surface area contributed by atoms with Gasteiger partial charge in [-0.15, -0.1) is 0 Å². The smallest absolute Gasteiger partial charge is 0.160 e. The Hall–Kier alpha value is -4.60. The lowest BCUT2D eigenvalue weighted by molar-refractivity contribution is 1.20. The SMILES string of the molecule is C[Si]1(C)c2ccccc2-c2nc(-c3cccc(-c4ccc(-c5ccccc5)cc4)c3)nc(-c3ccccc3)c21. The van der Waals surface area contributed by atoms with Gasteiger partial charge in [0, 0.05) is 11.1 Å². The lowest BCUT2D eigenvalue weighted by Crippen LogP contribution is -2.50. The molecule has 0 saturated heterocycles. The van der Waals surface area contributed by atoms with Gasteiger partial charge in [0.25, 0.3) is 0 Å². The highest BCUT2D eigenvalue weighted by Crippen LogP contribution is 2.34. The molecule has 0 unspecified atom stereocenters. The molecule has 3 heteroatoms. The highest BCUT2D eigenvalue weighted by molar-refractivity contribution is 7.04. The van der Waals surface area contributed by atoms with Crippen molar-refractivity contribution in [1.29, 1.82) is 0 Å². The zero-order chi connectivity index (χ0) is 26.4. The van der Waals surface area contributed by atoms with Crippen molar-refractivity contribution < 1.29 is 0 Å². The number of fused-ring (bicyclic) bond motifs is 3. The van der Waals surface area contributed by atoms with E-state index in [1.807, 2.05) is 0 Å². The van der Waals surface area contributed by atoms with Crippen LogP contribution in [0.25, 0.3) is 56.2 Å². The van der Waals surface area contributed by atoms with Gasteiger partial charge >= 0.3 is 0 Å². The summed E-state index contributed by atoms with van der Waals surface area (Å²) in [4.78, 5) is 10.5. The van der Waals surface area contributed by atoms with E-state index in [1.54, 1.807) is 0 Å². The van der Waals surface area contributed by atoms with Crippen LogP contribution in [0.2, 0.25) is 13.1 Å². The predicted molar refractivity (Wildman–Crippen MR) is 166 cm³/mol. The summed E-state index contributed by atoms with van der Waals surface area (Å²) in [6.45, 7) is 4.85. The number of rotatable bonds is 4. The molecule has 1 aromatic heterocycles. The fourth-order valence-corrected chi connectivity index (χ4v) is 9.11. The van der Waals surface area contributed by atoms with Crippen LogP contribution in [0.1, 0.15) is 0 Å². The lowest BCUT2D eigenvalue weighted by atomic mass is 9.99. The van der Waals surface area contributed by atoms with Gasteiger partial charge in [-0.2, -0.15) is 0 Å². The van der Waals surface area contributed by atoms with Gasteiger partial charge in [0.15, 0.2) is 5.82 Å². The van der Waals surface area contributed by atoms with Crippen molar-refractivity contribution in [3.63, 3.8) is 0 Å². The molecular formula is C36H28N2Si. The number of aromatic nitrogens is 2. The fraction of sp³-hybridized carbons (Fsp3) is 0.0556. The van der Waals surface area contributed by atoms with Crippen molar-refractivity contribution in [2.24, 2.45) is 0 Å². The minimum Gasteiger partial charge on any atom is -0.228 e. The molecule has 5 aromatic carbocycles. The third-order valence-corrected chi connectivity index (χ3v) is 11.4. The summed E-state index contributed by atoms with van der Waals surface area (Å²) in [5, 5.41) is 2.78. The number of benzene rings is 5. The Morgan fingerprint density at radius 1 is 0.436 bits per heavy atom. The summed E-state index contributed by atoms with van der Waals surface area (Å²) in [7, 11) is -1.95. The maximum Gasteiger partial charge on any atom is 0.160 e. The van der Waals surface area contributed by atoms with Gasteiger partial charge in [-0.3, -0.25) is 0 Å². The van der Waals surface area contributed by atoms with E-state index in [1.165, 1.54) is 32.6 Å². The maximum atomic E-state index is 5.28. The Labute approximate surface area is 230 Å². The Balaban J connectivity index is 1.36. The molecule has 2 heterocycles.